The van der Waals surface area contributed by atoms with Gasteiger partial charge in [0.15, 0.2) is 12.2 Å². The van der Waals surface area contributed by atoms with Gasteiger partial charge in [-0.2, -0.15) is 0 Å². The molecule has 0 spiro atoms. The number of phosphoric acid groups is 2. The highest BCUT2D eigenvalue weighted by atomic mass is 31.2. The van der Waals surface area contributed by atoms with Crippen molar-refractivity contribution in [2.24, 2.45) is 0 Å². The van der Waals surface area contributed by atoms with Gasteiger partial charge in [-0.15, -0.1) is 0 Å². The Morgan fingerprint density at radius 2 is 0.977 bits per heavy atom. The zero-order valence-electron chi connectivity index (χ0n) is 25.6. The van der Waals surface area contributed by atoms with Crippen molar-refractivity contribution in [3.05, 3.63) is 0 Å². The molecule has 0 saturated carbocycles. The van der Waals surface area contributed by atoms with Crippen molar-refractivity contribution in [3.63, 3.8) is 0 Å². The predicted molar refractivity (Wildman–Crippen MR) is 151 cm³/mol. The first-order valence-corrected chi connectivity index (χ1v) is 17.3. The number of hydrogen-bond acceptors (Lipinski definition) is 15. The minimum absolute atomic E-state index is 0.0470. The van der Waals surface area contributed by atoms with E-state index in [0.29, 0.717) is 12.8 Å². The van der Waals surface area contributed by atoms with Gasteiger partial charge in [0.25, 0.3) is 0 Å². The van der Waals surface area contributed by atoms with Crippen molar-refractivity contribution in [1.29, 1.82) is 0 Å². The third kappa shape index (κ3) is 22.6. The normalized spacial score (nSPS) is 16.1. The van der Waals surface area contributed by atoms with Crippen LogP contribution in [0.4, 0.5) is 0 Å². The fourth-order valence-corrected chi connectivity index (χ4v) is 4.44. The molecule has 3 N–H and O–H groups in total. The Balaban J connectivity index is 4.83. The van der Waals surface area contributed by atoms with Gasteiger partial charge in [0.05, 0.1) is 26.4 Å². The fraction of sp³-hybridized carbons (Fsp3) is 0.840. The summed E-state index contributed by atoms with van der Waals surface area (Å²) in [7, 11) is -9.70. The first-order valence-electron chi connectivity index (χ1n) is 14.3. The molecule has 258 valence electrons. The van der Waals surface area contributed by atoms with E-state index in [-0.39, 0.29) is 25.7 Å². The minimum Gasteiger partial charge on any atom is -0.462 e. The summed E-state index contributed by atoms with van der Waals surface area (Å²) in [5.74, 6) is -2.47. The maximum Gasteiger partial charge on any atom is 0.472 e. The van der Waals surface area contributed by atoms with Crippen LogP contribution < -0.4 is 0 Å². The summed E-state index contributed by atoms with van der Waals surface area (Å²) in [6, 6.07) is 0. The number of carbonyl (C=O) groups is 4. The topological polar surface area (TPSA) is 237 Å². The molecule has 0 bridgehead atoms. The average Bonchev–Trinajstić information content (AvgIpc) is 2.97. The number of aliphatic hydroxyl groups is 1. The van der Waals surface area contributed by atoms with Crippen molar-refractivity contribution in [3.8, 4) is 0 Å². The third-order valence-electron chi connectivity index (χ3n) is 5.18. The van der Waals surface area contributed by atoms with Crippen molar-refractivity contribution in [2.75, 3.05) is 39.6 Å². The molecule has 0 aromatic carbocycles. The molecule has 0 aromatic heterocycles. The van der Waals surface area contributed by atoms with E-state index in [9.17, 15) is 43.2 Å². The van der Waals surface area contributed by atoms with Gasteiger partial charge in [-0.25, -0.2) is 9.13 Å². The zero-order chi connectivity index (χ0) is 33.6. The minimum atomic E-state index is -4.85. The Kier molecular flexibility index (Phi) is 22.4. The van der Waals surface area contributed by atoms with Crippen LogP contribution in [0.25, 0.3) is 0 Å². The van der Waals surface area contributed by atoms with Gasteiger partial charge in [0, 0.05) is 25.7 Å². The summed E-state index contributed by atoms with van der Waals surface area (Å²) in [5, 5.41) is 10.00. The van der Waals surface area contributed by atoms with Crippen LogP contribution in [0.5, 0.6) is 0 Å². The maximum absolute atomic E-state index is 12.3. The molecule has 19 heteroatoms. The SMILES string of the molecule is CCCCCC(=O)O[C@H](COC(=O)CC)COP(=O)(O)OC[C@H](O)COP(=O)(O)OC[C@@H](COC(=O)CC)OC(=O)CCC. The Morgan fingerprint density at radius 1 is 0.568 bits per heavy atom. The molecule has 0 aliphatic heterocycles. The summed E-state index contributed by atoms with van der Waals surface area (Å²) >= 11 is 0. The molecule has 44 heavy (non-hydrogen) atoms. The summed E-state index contributed by atoms with van der Waals surface area (Å²) < 4.78 is 63.4. The van der Waals surface area contributed by atoms with E-state index in [2.05, 4.69) is 9.05 Å². The van der Waals surface area contributed by atoms with Crippen molar-refractivity contribution < 1.29 is 80.2 Å². The van der Waals surface area contributed by atoms with Gasteiger partial charge < -0.3 is 33.8 Å². The second kappa shape index (κ2) is 23.4. The molecule has 0 aliphatic carbocycles. The largest absolute Gasteiger partial charge is 0.472 e. The number of unbranched alkanes of at least 4 members (excludes halogenated alkanes) is 2. The first-order chi connectivity index (χ1) is 20.7. The number of carbonyl (C=O) groups excluding carboxylic acids is 4. The van der Waals surface area contributed by atoms with Crippen molar-refractivity contribution in [2.45, 2.75) is 97.4 Å². The summed E-state index contributed by atoms with van der Waals surface area (Å²) in [4.78, 5) is 66.5. The van der Waals surface area contributed by atoms with Gasteiger partial charge in [-0.05, 0) is 12.8 Å². The van der Waals surface area contributed by atoms with Gasteiger partial charge in [-0.1, -0.05) is 40.5 Å². The van der Waals surface area contributed by atoms with Crippen LogP contribution in [0.2, 0.25) is 0 Å². The van der Waals surface area contributed by atoms with Crippen molar-refractivity contribution in [1.82, 2.24) is 0 Å². The monoisotopic (exact) mass is 680 g/mol. The Morgan fingerprint density at radius 3 is 1.36 bits per heavy atom. The highest BCUT2D eigenvalue weighted by Crippen LogP contribution is 2.45. The number of aliphatic hydroxyl groups excluding tert-OH is 1. The molecular formula is C25H46O17P2. The fourth-order valence-electron chi connectivity index (χ4n) is 2.86. The van der Waals surface area contributed by atoms with E-state index in [1.54, 1.807) is 20.8 Å². The smallest absolute Gasteiger partial charge is 0.462 e. The second-order valence-corrected chi connectivity index (χ2v) is 12.2. The number of hydrogen-bond donors (Lipinski definition) is 3. The van der Waals surface area contributed by atoms with E-state index in [0.717, 1.165) is 12.8 Å². The van der Waals surface area contributed by atoms with E-state index in [1.165, 1.54) is 0 Å². The Hall–Kier alpha value is -1.94. The van der Waals surface area contributed by atoms with Crippen LogP contribution in [0.1, 0.15) is 79.1 Å². The van der Waals surface area contributed by atoms with Gasteiger partial charge in [0.1, 0.15) is 19.3 Å². The van der Waals surface area contributed by atoms with E-state index in [4.69, 9.17) is 28.0 Å². The maximum atomic E-state index is 12.3. The molecule has 0 radical (unpaired) electrons. The van der Waals surface area contributed by atoms with Crippen LogP contribution in [0.15, 0.2) is 0 Å². The van der Waals surface area contributed by atoms with Crippen LogP contribution in [-0.4, -0.2) is 96.7 Å². The second-order valence-electron chi connectivity index (χ2n) is 9.28. The highest BCUT2D eigenvalue weighted by molar-refractivity contribution is 7.47. The van der Waals surface area contributed by atoms with Crippen LogP contribution in [-0.2, 0) is 65.4 Å². The van der Waals surface area contributed by atoms with Crippen LogP contribution in [0.3, 0.4) is 0 Å². The summed E-state index contributed by atoms with van der Waals surface area (Å²) in [5.41, 5.74) is 0. The molecule has 0 aromatic rings. The zero-order valence-corrected chi connectivity index (χ0v) is 27.4. The molecule has 0 amide bonds. The Bertz CT molecular complexity index is 959. The molecule has 17 nitrogen and oxygen atoms in total. The third-order valence-corrected chi connectivity index (χ3v) is 7.08. The molecule has 2 unspecified atom stereocenters. The van der Waals surface area contributed by atoms with Gasteiger partial charge in [0.2, 0.25) is 0 Å². The quantitative estimate of drug-likeness (QED) is 0.0515. The average molecular weight is 681 g/mol. The summed E-state index contributed by atoms with van der Waals surface area (Å²) in [6.07, 6.45) is -1.24. The molecule has 0 heterocycles. The number of ether oxygens (including phenoxy) is 4. The molecule has 5 atom stereocenters. The lowest BCUT2D eigenvalue weighted by Gasteiger charge is -2.21. The lowest BCUT2D eigenvalue weighted by atomic mass is 10.2. The highest BCUT2D eigenvalue weighted by Gasteiger charge is 2.30. The van der Waals surface area contributed by atoms with E-state index in [1.807, 2.05) is 6.92 Å². The molecule has 0 aliphatic rings. The Labute approximate surface area is 257 Å². The van der Waals surface area contributed by atoms with Gasteiger partial charge >= 0.3 is 39.5 Å². The lowest BCUT2D eigenvalue weighted by Crippen LogP contribution is -2.30. The predicted octanol–water partition coefficient (Wildman–Crippen LogP) is 2.72. The summed E-state index contributed by atoms with van der Waals surface area (Å²) in [6.45, 7) is 2.72. The van der Waals surface area contributed by atoms with Crippen molar-refractivity contribution >= 4 is 39.5 Å². The van der Waals surface area contributed by atoms with Gasteiger partial charge in [-0.3, -0.25) is 37.3 Å². The number of rotatable bonds is 26. The molecule has 0 rings (SSSR count). The van der Waals surface area contributed by atoms with Crippen LogP contribution in [0, 0.1) is 0 Å². The van der Waals surface area contributed by atoms with Crippen LogP contribution >= 0.6 is 15.6 Å². The number of phosphoric ester groups is 2. The lowest BCUT2D eigenvalue weighted by molar-refractivity contribution is -0.161. The molecular weight excluding hydrogens is 634 g/mol. The standard InChI is InChI=1S/C25H46O17P2/c1-5-9-10-12-25(30)42-21(16-36-23(28)8-4)18-40-44(33,34)38-14-19(26)13-37-43(31,32)39-17-20(15-35-22(27)7-3)41-24(29)11-6-2/h19-21,26H,5-18H2,1-4H3,(H,31,32)(H,33,34)/t19-,20-,21-/m1/s1. The molecule has 0 fully saturated rings. The molecule has 0 saturated heterocycles. The first kappa shape index (κ1) is 42.1. The van der Waals surface area contributed by atoms with E-state index >= 15 is 0 Å². The van der Waals surface area contributed by atoms with E-state index < -0.39 is 97.5 Å². The number of esters is 4.